The summed E-state index contributed by atoms with van der Waals surface area (Å²) >= 11 is 3.44. The van der Waals surface area contributed by atoms with Gasteiger partial charge in [0.15, 0.2) is 0 Å². The SMILES string of the molecule is CC1(C)CC(NC(=O)CSCc2cccs2)CC(C)(C)N1. The van der Waals surface area contributed by atoms with Gasteiger partial charge in [0.05, 0.1) is 5.75 Å². The fraction of sp³-hybridized carbons (Fsp3) is 0.688. The topological polar surface area (TPSA) is 41.1 Å². The highest BCUT2D eigenvalue weighted by atomic mass is 32.2. The van der Waals surface area contributed by atoms with Crippen LogP contribution in [0.25, 0.3) is 0 Å². The summed E-state index contributed by atoms with van der Waals surface area (Å²) in [6, 6.07) is 4.44. The number of thiophene rings is 1. The van der Waals surface area contributed by atoms with Crippen LogP contribution in [0.1, 0.15) is 45.4 Å². The zero-order chi connectivity index (χ0) is 15.5. The van der Waals surface area contributed by atoms with Gasteiger partial charge < -0.3 is 10.6 Å². The van der Waals surface area contributed by atoms with E-state index >= 15 is 0 Å². The van der Waals surface area contributed by atoms with Crippen LogP contribution in [-0.4, -0.2) is 28.8 Å². The normalized spacial score (nSPS) is 21.1. The molecule has 0 unspecified atom stereocenters. The van der Waals surface area contributed by atoms with E-state index in [2.05, 4.69) is 55.8 Å². The third-order valence-corrected chi connectivity index (χ3v) is 5.65. The molecule has 0 atom stereocenters. The lowest BCUT2D eigenvalue weighted by atomic mass is 9.79. The number of hydrogen-bond donors (Lipinski definition) is 2. The van der Waals surface area contributed by atoms with Gasteiger partial charge in [-0.3, -0.25) is 4.79 Å². The summed E-state index contributed by atoms with van der Waals surface area (Å²) in [5.74, 6) is 1.63. The Labute approximate surface area is 136 Å². The largest absolute Gasteiger partial charge is 0.353 e. The average molecular weight is 327 g/mol. The average Bonchev–Trinajstić information content (AvgIpc) is 2.77. The van der Waals surface area contributed by atoms with Gasteiger partial charge in [0.1, 0.15) is 0 Å². The van der Waals surface area contributed by atoms with Crippen LogP contribution in [0.3, 0.4) is 0 Å². The summed E-state index contributed by atoms with van der Waals surface area (Å²) in [7, 11) is 0. The van der Waals surface area contributed by atoms with Crippen LogP contribution >= 0.6 is 23.1 Å². The second kappa shape index (κ2) is 6.71. The van der Waals surface area contributed by atoms with E-state index in [1.165, 1.54) is 4.88 Å². The van der Waals surface area contributed by atoms with Gasteiger partial charge in [0.2, 0.25) is 5.91 Å². The van der Waals surface area contributed by atoms with Crippen molar-refractivity contribution in [1.29, 1.82) is 0 Å². The Morgan fingerprint density at radius 3 is 2.62 bits per heavy atom. The Morgan fingerprint density at radius 1 is 1.38 bits per heavy atom. The van der Waals surface area contributed by atoms with E-state index in [4.69, 9.17) is 0 Å². The first kappa shape index (κ1) is 16.8. The number of rotatable bonds is 5. The number of hydrogen-bond acceptors (Lipinski definition) is 4. The second-order valence-corrected chi connectivity index (χ2v) is 9.16. The van der Waals surface area contributed by atoms with Crippen LogP contribution in [0.5, 0.6) is 0 Å². The van der Waals surface area contributed by atoms with Crippen LogP contribution < -0.4 is 10.6 Å². The molecular formula is C16H26N2OS2. The molecule has 0 saturated carbocycles. The Kier molecular flexibility index (Phi) is 5.38. The molecule has 3 nitrogen and oxygen atoms in total. The summed E-state index contributed by atoms with van der Waals surface area (Å²) in [6.07, 6.45) is 1.97. The molecule has 1 aliphatic heterocycles. The molecule has 1 aromatic heterocycles. The molecule has 1 saturated heterocycles. The molecule has 0 radical (unpaired) electrons. The molecule has 0 aliphatic carbocycles. The van der Waals surface area contributed by atoms with E-state index in [9.17, 15) is 4.79 Å². The van der Waals surface area contributed by atoms with E-state index in [1.807, 2.05) is 0 Å². The summed E-state index contributed by atoms with van der Waals surface area (Å²) in [5.41, 5.74) is 0.146. The van der Waals surface area contributed by atoms with Crippen molar-refractivity contribution in [2.24, 2.45) is 0 Å². The first-order valence-electron chi connectivity index (χ1n) is 7.45. The van der Waals surface area contributed by atoms with Crippen molar-refractivity contribution >= 4 is 29.0 Å². The standard InChI is InChI=1S/C16H26N2OS2/c1-15(2)8-12(9-16(3,4)18-15)17-14(19)11-20-10-13-6-5-7-21-13/h5-7,12,18H,8-11H2,1-4H3,(H,17,19). The highest BCUT2D eigenvalue weighted by molar-refractivity contribution is 7.99. The van der Waals surface area contributed by atoms with E-state index in [0.29, 0.717) is 5.75 Å². The second-order valence-electron chi connectivity index (χ2n) is 7.14. The third kappa shape index (κ3) is 5.64. The van der Waals surface area contributed by atoms with Gasteiger partial charge in [-0.15, -0.1) is 23.1 Å². The van der Waals surface area contributed by atoms with Crippen LogP contribution in [0.15, 0.2) is 17.5 Å². The van der Waals surface area contributed by atoms with Crippen molar-refractivity contribution in [3.63, 3.8) is 0 Å². The van der Waals surface area contributed by atoms with Gasteiger partial charge in [-0.05, 0) is 52.0 Å². The van der Waals surface area contributed by atoms with Crippen LogP contribution in [-0.2, 0) is 10.5 Å². The summed E-state index contributed by atoms with van der Waals surface area (Å²) in [5, 5.41) is 8.93. The third-order valence-electron chi connectivity index (χ3n) is 3.61. The molecule has 0 bridgehead atoms. The first-order chi connectivity index (χ1) is 9.76. The zero-order valence-corrected chi connectivity index (χ0v) is 15.0. The van der Waals surface area contributed by atoms with Crippen molar-refractivity contribution in [2.45, 2.75) is 63.4 Å². The minimum absolute atomic E-state index is 0.0732. The maximum Gasteiger partial charge on any atom is 0.230 e. The fourth-order valence-electron chi connectivity index (χ4n) is 3.33. The van der Waals surface area contributed by atoms with Crippen LogP contribution in [0, 0.1) is 0 Å². The van der Waals surface area contributed by atoms with Gasteiger partial charge in [-0.25, -0.2) is 0 Å². The van der Waals surface area contributed by atoms with Gasteiger partial charge in [-0.2, -0.15) is 0 Å². The maximum atomic E-state index is 12.1. The van der Waals surface area contributed by atoms with Gasteiger partial charge in [0.25, 0.3) is 0 Å². The molecule has 118 valence electrons. The van der Waals surface area contributed by atoms with Crippen molar-refractivity contribution in [1.82, 2.24) is 10.6 Å². The lowest BCUT2D eigenvalue weighted by molar-refractivity contribution is -0.119. The van der Waals surface area contributed by atoms with E-state index in [1.54, 1.807) is 23.1 Å². The Morgan fingerprint density at radius 2 is 2.05 bits per heavy atom. The van der Waals surface area contributed by atoms with Crippen LogP contribution in [0.2, 0.25) is 0 Å². The number of carbonyl (C=O) groups is 1. The Balaban J connectivity index is 1.76. The molecule has 21 heavy (non-hydrogen) atoms. The highest BCUT2D eigenvalue weighted by Gasteiger charge is 2.37. The quantitative estimate of drug-likeness (QED) is 0.871. The molecule has 1 amide bonds. The first-order valence-corrected chi connectivity index (χ1v) is 9.48. The molecule has 1 aromatic rings. The summed E-state index contributed by atoms with van der Waals surface area (Å²) in [4.78, 5) is 13.4. The monoisotopic (exact) mass is 326 g/mol. The molecule has 2 heterocycles. The van der Waals surface area contributed by atoms with E-state index < -0.39 is 0 Å². The number of nitrogens with one attached hydrogen (secondary N) is 2. The summed E-state index contributed by atoms with van der Waals surface area (Å²) < 4.78 is 0. The van der Waals surface area contributed by atoms with Gasteiger partial charge in [-0.1, -0.05) is 6.07 Å². The number of carbonyl (C=O) groups excluding carboxylic acids is 1. The summed E-state index contributed by atoms with van der Waals surface area (Å²) in [6.45, 7) is 8.83. The molecule has 0 spiro atoms. The lowest BCUT2D eigenvalue weighted by Gasteiger charge is -2.46. The van der Waals surface area contributed by atoms with Crippen LogP contribution in [0.4, 0.5) is 0 Å². The minimum atomic E-state index is 0.0732. The smallest absolute Gasteiger partial charge is 0.230 e. The predicted molar refractivity (Wildman–Crippen MR) is 92.9 cm³/mol. The Bertz CT molecular complexity index is 453. The van der Waals surface area contributed by atoms with Gasteiger partial charge >= 0.3 is 0 Å². The molecule has 1 fully saturated rings. The van der Waals surface area contributed by atoms with Crippen molar-refractivity contribution in [2.75, 3.05) is 5.75 Å². The number of thioether (sulfide) groups is 1. The minimum Gasteiger partial charge on any atom is -0.353 e. The molecule has 2 rings (SSSR count). The number of piperidine rings is 1. The predicted octanol–water partition coefficient (Wildman–Crippen LogP) is 3.41. The van der Waals surface area contributed by atoms with E-state index in [-0.39, 0.29) is 23.0 Å². The van der Waals surface area contributed by atoms with Gasteiger partial charge in [0, 0.05) is 27.7 Å². The maximum absolute atomic E-state index is 12.1. The lowest BCUT2D eigenvalue weighted by Crippen LogP contribution is -2.62. The molecular weight excluding hydrogens is 300 g/mol. The molecule has 1 aliphatic rings. The van der Waals surface area contributed by atoms with E-state index in [0.717, 1.165) is 18.6 Å². The zero-order valence-electron chi connectivity index (χ0n) is 13.4. The van der Waals surface area contributed by atoms with Crippen molar-refractivity contribution in [3.05, 3.63) is 22.4 Å². The highest BCUT2D eigenvalue weighted by Crippen LogP contribution is 2.28. The molecule has 2 N–H and O–H groups in total. The van der Waals surface area contributed by atoms with Crippen molar-refractivity contribution in [3.8, 4) is 0 Å². The Hall–Kier alpha value is -0.520. The fourth-order valence-corrected chi connectivity index (χ4v) is 5.01. The molecule has 5 heteroatoms. The molecule has 0 aromatic carbocycles. The van der Waals surface area contributed by atoms with Crippen molar-refractivity contribution < 1.29 is 4.79 Å². The number of amides is 1.